The third-order valence-corrected chi connectivity index (χ3v) is 2.53. The molecule has 0 radical (unpaired) electrons. The van der Waals surface area contributed by atoms with Gasteiger partial charge in [0.25, 0.3) is 0 Å². The fraction of sp³-hybridized carbons (Fsp3) is 0.200. The van der Waals surface area contributed by atoms with E-state index in [0.717, 1.165) is 5.56 Å². The SMILES string of the molecule is CCOc1cc(N)cc(Oc2cccc(CO)c2)c1. The number of hydrogen-bond donors (Lipinski definition) is 2. The molecule has 0 aliphatic carbocycles. The molecule has 2 rings (SSSR count). The maximum atomic E-state index is 9.09. The number of aliphatic hydroxyl groups is 1. The molecule has 0 atom stereocenters. The lowest BCUT2D eigenvalue weighted by Gasteiger charge is -2.10. The highest BCUT2D eigenvalue weighted by Crippen LogP contribution is 2.29. The van der Waals surface area contributed by atoms with Crippen molar-refractivity contribution in [2.75, 3.05) is 12.3 Å². The van der Waals surface area contributed by atoms with Gasteiger partial charge in [0.05, 0.1) is 13.2 Å². The van der Waals surface area contributed by atoms with E-state index < -0.39 is 0 Å². The molecule has 3 N–H and O–H groups in total. The predicted octanol–water partition coefficient (Wildman–Crippen LogP) is 2.95. The number of anilines is 1. The molecule has 2 aromatic rings. The summed E-state index contributed by atoms with van der Waals surface area (Å²) in [5, 5.41) is 9.09. The first-order chi connectivity index (χ1) is 9.21. The van der Waals surface area contributed by atoms with Crippen molar-refractivity contribution in [3.63, 3.8) is 0 Å². The van der Waals surface area contributed by atoms with Crippen molar-refractivity contribution in [3.8, 4) is 17.2 Å². The van der Waals surface area contributed by atoms with Crippen LogP contribution in [0, 0.1) is 0 Å². The molecule has 0 amide bonds. The fourth-order valence-corrected chi connectivity index (χ4v) is 1.75. The lowest BCUT2D eigenvalue weighted by atomic mass is 10.2. The van der Waals surface area contributed by atoms with E-state index in [9.17, 15) is 0 Å². The number of hydrogen-bond acceptors (Lipinski definition) is 4. The predicted molar refractivity (Wildman–Crippen MR) is 74.5 cm³/mol. The van der Waals surface area contributed by atoms with Gasteiger partial charge in [0, 0.05) is 23.9 Å². The van der Waals surface area contributed by atoms with Gasteiger partial charge in [-0.1, -0.05) is 12.1 Å². The van der Waals surface area contributed by atoms with Crippen LogP contribution in [0.5, 0.6) is 17.2 Å². The molecule has 0 saturated carbocycles. The summed E-state index contributed by atoms with van der Waals surface area (Å²) in [6, 6.07) is 12.5. The topological polar surface area (TPSA) is 64.7 Å². The van der Waals surface area contributed by atoms with E-state index in [1.807, 2.05) is 25.1 Å². The summed E-state index contributed by atoms with van der Waals surface area (Å²) in [7, 11) is 0. The average Bonchev–Trinajstić information content (AvgIpc) is 2.38. The van der Waals surface area contributed by atoms with E-state index in [2.05, 4.69) is 0 Å². The average molecular weight is 259 g/mol. The highest BCUT2D eigenvalue weighted by molar-refractivity contribution is 5.51. The molecule has 0 bridgehead atoms. The van der Waals surface area contributed by atoms with E-state index in [4.69, 9.17) is 20.3 Å². The number of aliphatic hydroxyl groups excluding tert-OH is 1. The van der Waals surface area contributed by atoms with Crippen molar-refractivity contribution in [3.05, 3.63) is 48.0 Å². The Balaban J connectivity index is 2.22. The highest BCUT2D eigenvalue weighted by atomic mass is 16.5. The summed E-state index contributed by atoms with van der Waals surface area (Å²) in [5.41, 5.74) is 7.18. The lowest BCUT2D eigenvalue weighted by molar-refractivity contribution is 0.281. The molecule has 0 spiro atoms. The van der Waals surface area contributed by atoms with Gasteiger partial charge >= 0.3 is 0 Å². The van der Waals surface area contributed by atoms with Crippen LogP contribution in [0.3, 0.4) is 0 Å². The molecule has 19 heavy (non-hydrogen) atoms. The second-order valence-corrected chi connectivity index (χ2v) is 4.08. The van der Waals surface area contributed by atoms with Crippen molar-refractivity contribution < 1.29 is 14.6 Å². The van der Waals surface area contributed by atoms with Crippen molar-refractivity contribution >= 4 is 5.69 Å². The zero-order chi connectivity index (χ0) is 13.7. The molecule has 0 aliphatic rings. The lowest BCUT2D eigenvalue weighted by Crippen LogP contribution is -1.95. The van der Waals surface area contributed by atoms with Gasteiger partial charge in [0.1, 0.15) is 17.2 Å². The summed E-state index contributed by atoms with van der Waals surface area (Å²) < 4.78 is 11.1. The van der Waals surface area contributed by atoms with E-state index in [1.165, 1.54) is 0 Å². The molecule has 0 fully saturated rings. The second-order valence-electron chi connectivity index (χ2n) is 4.08. The van der Waals surface area contributed by atoms with E-state index >= 15 is 0 Å². The van der Waals surface area contributed by atoms with Crippen molar-refractivity contribution in [1.82, 2.24) is 0 Å². The summed E-state index contributed by atoms with van der Waals surface area (Å²) in [4.78, 5) is 0. The maximum absolute atomic E-state index is 9.09. The van der Waals surface area contributed by atoms with Gasteiger partial charge in [0.2, 0.25) is 0 Å². The summed E-state index contributed by atoms with van der Waals surface area (Å²) >= 11 is 0. The standard InChI is InChI=1S/C15H17NO3/c1-2-18-14-7-12(16)8-15(9-14)19-13-5-3-4-11(6-13)10-17/h3-9,17H,2,10,16H2,1H3. The van der Waals surface area contributed by atoms with Gasteiger partial charge in [0.15, 0.2) is 0 Å². The van der Waals surface area contributed by atoms with Gasteiger partial charge in [-0.25, -0.2) is 0 Å². The third-order valence-electron chi connectivity index (χ3n) is 2.53. The van der Waals surface area contributed by atoms with E-state index in [-0.39, 0.29) is 6.61 Å². The van der Waals surface area contributed by atoms with Gasteiger partial charge in [-0.2, -0.15) is 0 Å². The third kappa shape index (κ3) is 3.63. The first-order valence-electron chi connectivity index (χ1n) is 6.12. The van der Waals surface area contributed by atoms with Crippen LogP contribution in [0.25, 0.3) is 0 Å². The van der Waals surface area contributed by atoms with Crippen molar-refractivity contribution in [2.24, 2.45) is 0 Å². The zero-order valence-electron chi connectivity index (χ0n) is 10.8. The van der Waals surface area contributed by atoms with Crippen LogP contribution >= 0.6 is 0 Å². The molecule has 100 valence electrons. The number of benzene rings is 2. The minimum absolute atomic E-state index is 0.0156. The monoisotopic (exact) mass is 259 g/mol. The number of nitrogens with two attached hydrogens (primary N) is 1. The number of nitrogen functional groups attached to an aromatic ring is 1. The molecule has 0 unspecified atom stereocenters. The zero-order valence-corrected chi connectivity index (χ0v) is 10.8. The van der Waals surface area contributed by atoms with E-state index in [1.54, 1.807) is 24.3 Å². The van der Waals surface area contributed by atoms with Crippen LogP contribution in [-0.4, -0.2) is 11.7 Å². The molecular weight excluding hydrogens is 242 g/mol. The Bertz CT molecular complexity index is 555. The van der Waals surface area contributed by atoms with Crippen LogP contribution in [-0.2, 0) is 6.61 Å². The maximum Gasteiger partial charge on any atom is 0.133 e. The van der Waals surface area contributed by atoms with Gasteiger partial charge in [-0.15, -0.1) is 0 Å². The smallest absolute Gasteiger partial charge is 0.133 e. The van der Waals surface area contributed by atoms with Gasteiger partial charge in [-0.05, 0) is 24.6 Å². The normalized spacial score (nSPS) is 10.2. The Hall–Kier alpha value is -2.20. The van der Waals surface area contributed by atoms with Gasteiger partial charge in [-0.3, -0.25) is 0 Å². The Morgan fingerprint density at radius 1 is 1.05 bits per heavy atom. The number of rotatable bonds is 5. The van der Waals surface area contributed by atoms with Crippen molar-refractivity contribution in [1.29, 1.82) is 0 Å². The molecular formula is C15H17NO3. The fourth-order valence-electron chi connectivity index (χ4n) is 1.75. The summed E-state index contributed by atoms with van der Waals surface area (Å²) in [6.45, 7) is 2.47. The second kappa shape index (κ2) is 6.11. The molecule has 0 saturated heterocycles. The van der Waals surface area contributed by atoms with E-state index in [0.29, 0.717) is 29.5 Å². The van der Waals surface area contributed by atoms with Gasteiger partial charge < -0.3 is 20.3 Å². The molecule has 0 heterocycles. The van der Waals surface area contributed by atoms with Crippen LogP contribution < -0.4 is 15.2 Å². The van der Waals surface area contributed by atoms with Crippen LogP contribution in [0.1, 0.15) is 12.5 Å². The quantitative estimate of drug-likeness (QED) is 0.810. The van der Waals surface area contributed by atoms with Crippen LogP contribution in [0.2, 0.25) is 0 Å². The Kier molecular flexibility index (Phi) is 4.26. The summed E-state index contributed by atoms with van der Waals surface area (Å²) in [6.07, 6.45) is 0. The Labute approximate surface area is 112 Å². The molecule has 2 aromatic carbocycles. The Morgan fingerprint density at radius 3 is 2.58 bits per heavy atom. The highest BCUT2D eigenvalue weighted by Gasteiger charge is 2.03. The largest absolute Gasteiger partial charge is 0.494 e. The molecule has 0 aliphatic heterocycles. The minimum atomic E-state index is -0.0156. The Morgan fingerprint density at radius 2 is 1.84 bits per heavy atom. The van der Waals surface area contributed by atoms with Crippen molar-refractivity contribution in [2.45, 2.75) is 13.5 Å². The first kappa shape index (κ1) is 13.2. The molecule has 0 aromatic heterocycles. The minimum Gasteiger partial charge on any atom is -0.494 e. The first-order valence-corrected chi connectivity index (χ1v) is 6.12. The number of ether oxygens (including phenoxy) is 2. The molecule has 4 nitrogen and oxygen atoms in total. The summed E-state index contributed by atoms with van der Waals surface area (Å²) in [5.74, 6) is 1.94. The van der Waals surface area contributed by atoms with Crippen LogP contribution in [0.4, 0.5) is 5.69 Å². The van der Waals surface area contributed by atoms with Crippen LogP contribution in [0.15, 0.2) is 42.5 Å². The molecule has 4 heteroatoms.